The second-order valence-electron chi connectivity index (χ2n) is 24.4. The van der Waals surface area contributed by atoms with Gasteiger partial charge >= 0.3 is 0 Å². The molecule has 17 atom stereocenters. The van der Waals surface area contributed by atoms with Gasteiger partial charge in [-0.1, -0.05) is 107 Å². The number of halogens is 1. The van der Waals surface area contributed by atoms with E-state index in [-0.39, 0.29) is 80.9 Å². The van der Waals surface area contributed by atoms with Crippen molar-refractivity contribution in [3.05, 3.63) is 101 Å². The summed E-state index contributed by atoms with van der Waals surface area (Å²) in [6, 6.07) is 20.1. The van der Waals surface area contributed by atoms with E-state index in [1.807, 2.05) is 83.1 Å². The van der Waals surface area contributed by atoms with Crippen molar-refractivity contribution in [1.82, 2.24) is 25.8 Å². The number of amides is 5. The van der Waals surface area contributed by atoms with Gasteiger partial charge in [0.15, 0.2) is 12.6 Å². The summed E-state index contributed by atoms with van der Waals surface area (Å²) in [4.78, 5) is 74.6. The Hall–Kier alpha value is -5.06. The Bertz CT molecular complexity index is 2590. The molecule has 19 nitrogen and oxygen atoms in total. The van der Waals surface area contributed by atoms with Gasteiger partial charge in [0.2, 0.25) is 29.5 Å². The van der Waals surface area contributed by atoms with Crippen molar-refractivity contribution < 1.29 is 63.0 Å². The van der Waals surface area contributed by atoms with Gasteiger partial charge in [-0.25, -0.2) is 0 Å². The van der Waals surface area contributed by atoms with Crippen LogP contribution in [0.15, 0.2) is 78.9 Å². The molecule has 3 aromatic carbocycles. The summed E-state index contributed by atoms with van der Waals surface area (Å²) >= 11 is 6.53. The Morgan fingerprint density at radius 3 is 2.18 bits per heavy atom. The molecule has 0 unspecified atom stereocenters. The summed E-state index contributed by atoms with van der Waals surface area (Å²) in [7, 11) is 6.88. The molecule has 0 radical (unpaired) electrons. The molecule has 7 N–H and O–H groups in total. The van der Waals surface area contributed by atoms with Crippen LogP contribution < -0.4 is 21.3 Å². The quantitative estimate of drug-likeness (QED) is 0.0947. The van der Waals surface area contributed by atoms with E-state index < -0.39 is 102 Å². The van der Waals surface area contributed by atoms with Crippen LogP contribution in [0.1, 0.15) is 105 Å². The highest BCUT2D eigenvalue weighted by Gasteiger charge is 2.51. The average molecular weight is 1160 g/mol. The van der Waals surface area contributed by atoms with Gasteiger partial charge in [0, 0.05) is 68.7 Å². The van der Waals surface area contributed by atoms with Gasteiger partial charge < -0.3 is 70.1 Å². The molecule has 20 heteroatoms. The molecule has 6 rings (SSSR count). The normalized spacial score (nSPS) is 33.3. The summed E-state index contributed by atoms with van der Waals surface area (Å²) in [6.45, 7) is 16.3. The molecule has 3 aliphatic heterocycles. The fourth-order valence-electron chi connectivity index (χ4n) is 11.9. The zero-order valence-electron chi connectivity index (χ0n) is 50.1. The van der Waals surface area contributed by atoms with Crippen LogP contribution in [0.2, 0.25) is 5.02 Å². The topological polar surface area (TPSA) is 247 Å². The lowest BCUT2D eigenvalue weighted by molar-refractivity contribution is -0.317. The number of hydrogen-bond acceptors (Lipinski definition) is 14. The molecule has 0 saturated carbocycles. The lowest BCUT2D eigenvalue weighted by Gasteiger charge is -2.49. The van der Waals surface area contributed by atoms with E-state index in [0.717, 1.165) is 5.56 Å². The maximum Gasteiger partial charge on any atom is 0.247 e. The largest absolute Gasteiger partial charge is 0.387 e. The van der Waals surface area contributed by atoms with E-state index in [4.69, 9.17) is 35.3 Å². The molecule has 3 heterocycles. The van der Waals surface area contributed by atoms with Gasteiger partial charge in [0.1, 0.15) is 24.3 Å². The second-order valence-corrected chi connectivity index (χ2v) is 24.8. The predicted molar refractivity (Wildman–Crippen MR) is 312 cm³/mol. The van der Waals surface area contributed by atoms with E-state index in [2.05, 4.69) is 21.3 Å². The zero-order chi connectivity index (χ0) is 60.4. The van der Waals surface area contributed by atoms with Crippen LogP contribution in [-0.2, 0) is 66.9 Å². The molecule has 3 aromatic rings. The number of methoxy groups -OCH3 is 1. The van der Waals surface area contributed by atoms with E-state index >= 15 is 4.79 Å². The maximum absolute atomic E-state index is 15.2. The average Bonchev–Trinajstić information content (AvgIpc) is 3.63. The number of aliphatic hydroxyl groups is 3. The Morgan fingerprint density at radius 1 is 0.890 bits per heavy atom. The molecule has 3 fully saturated rings. The number of nitrogens with one attached hydrogen (secondary N) is 4. The third-order valence-corrected chi connectivity index (χ3v) is 16.9. The molecule has 3 saturated heterocycles. The molecule has 0 aliphatic carbocycles. The number of rotatable bonds is 16. The van der Waals surface area contributed by atoms with E-state index in [9.17, 15) is 34.5 Å². The summed E-state index contributed by atoms with van der Waals surface area (Å²) in [5.41, 5.74) is -0.241. The zero-order valence-corrected chi connectivity index (χ0v) is 50.9. The first-order valence-electron chi connectivity index (χ1n) is 28.8. The van der Waals surface area contributed by atoms with E-state index in [1.54, 1.807) is 89.0 Å². The van der Waals surface area contributed by atoms with Gasteiger partial charge in [-0.05, 0) is 108 Å². The first kappa shape index (κ1) is 66.1. The molecule has 0 bridgehead atoms. The van der Waals surface area contributed by atoms with Crippen LogP contribution in [-0.4, -0.2) is 174 Å². The second kappa shape index (κ2) is 29.2. The molecule has 3 aliphatic rings. The molecule has 454 valence electrons. The van der Waals surface area contributed by atoms with E-state index in [0.29, 0.717) is 28.3 Å². The van der Waals surface area contributed by atoms with Crippen LogP contribution >= 0.6 is 11.6 Å². The number of carbonyl (C=O) groups excluding carboxylic acids is 5. The molecule has 82 heavy (non-hydrogen) atoms. The Labute approximate surface area is 489 Å². The number of likely N-dealkylation sites (N-methyl/N-ethyl adjacent to an activating group) is 2. The van der Waals surface area contributed by atoms with Gasteiger partial charge in [0.25, 0.3) is 0 Å². The van der Waals surface area contributed by atoms with Gasteiger partial charge in [-0.3, -0.25) is 24.0 Å². The standard InChI is InChI=1S/C62H91ClN6O13/c1-35(2)52-59(76)69(12)34-36(3)32-61(8,77)56(82-60-53(72)48(68(10)11)27-37(4)79-60)38(5)54(81-51-33-62(9,78-13)55(73)40(7)80-51)39(6)57(74)65-45(31-50(71)67-52)28-42-23-25-44(26-24-42)64-58(75)47(30-43-21-17-18-22-46(43)63)66-49(70)29-41-19-15-14-16-20-41/h14-26,35-40,45,47-48,51-56,60,72-73,77H,27-34H2,1-13H3,(H,64,75)(H,65,74)(H,66,70)(H,67,71)/t36-,37-,38+,39-,40+,45-,47+,48+,51+,52-,53-,54+,55+,56-,60+,61-,62-/m1/s1. The van der Waals surface area contributed by atoms with Crippen LogP contribution in [0.3, 0.4) is 0 Å². The highest BCUT2D eigenvalue weighted by molar-refractivity contribution is 6.31. The minimum atomic E-state index is -1.71. The van der Waals surface area contributed by atoms with Crippen LogP contribution in [0.4, 0.5) is 5.69 Å². The number of nitrogens with zero attached hydrogens (tertiary/aromatic N) is 2. The van der Waals surface area contributed by atoms with Crippen LogP contribution in [0.5, 0.6) is 0 Å². The smallest absolute Gasteiger partial charge is 0.247 e. The van der Waals surface area contributed by atoms with Crippen molar-refractivity contribution in [3.8, 4) is 0 Å². The maximum atomic E-state index is 15.2. The Morgan fingerprint density at radius 2 is 1.55 bits per heavy atom. The monoisotopic (exact) mass is 1160 g/mol. The molecule has 0 spiro atoms. The highest BCUT2D eigenvalue weighted by atomic mass is 35.5. The first-order chi connectivity index (χ1) is 38.6. The molecule has 0 aromatic heterocycles. The SMILES string of the molecule is CO[C@]1(C)C[C@H](O[C@H]2[C@H](C)[C@@H](O[C@@H]3O[C@H](C)C[C@H](N(C)C)[C@H]3O)[C@](C)(O)C[C@@H](C)CN(C)C(=O)[C@@H](C(C)C)NC(=O)C[C@@H](Cc3ccc(NC(=O)[C@H](Cc4ccccc4Cl)NC(=O)Cc4ccccc4)cc3)NC(=O)[C@@H]2C)O[C@@H](C)[C@@H]1O. The number of hydrogen-bond donors (Lipinski definition) is 7. The summed E-state index contributed by atoms with van der Waals surface area (Å²) in [5, 5.41) is 48.4. The van der Waals surface area contributed by atoms with Crippen molar-refractivity contribution in [1.29, 1.82) is 0 Å². The van der Waals surface area contributed by atoms with Crippen molar-refractivity contribution in [3.63, 3.8) is 0 Å². The minimum absolute atomic E-state index is 0.0653. The number of aliphatic hydroxyl groups excluding tert-OH is 2. The predicted octanol–water partition coefficient (Wildman–Crippen LogP) is 5.43. The van der Waals surface area contributed by atoms with Crippen molar-refractivity contribution >= 4 is 46.8 Å². The summed E-state index contributed by atoms with van der Waals surface area (Å²) < 4.78 is 32.3. The van der Waals surface area contributed by atoms with Crippen LogP contribution in [0.25, 0.3) is 0 Å². The van der Waals surface area contributed by atoms with Crippen molar-refractivity contribution in [2.75, 3.05) is 40.1 Å². The van der Waals surface area contributed by atoms with Crippen molar-refractivity contribution in [2.45, 2.75) is 192 Å². The molecular formula is C62H91ClN6O13. The Balaban J connectivity index is 1.34. The van der Waals surface area contributed by atoms with Gasteiger partial charge in [-0.2, -0.15) is 0 Å². The number of benzene rings is 3. The van der Waals surface area contributed by atoms with Gasteiger partial charge in [-0.15, -0.1) is 0 Å². The van der Waals surface area contributed by atoms with E-state index in [1.165, 1.54) is 7.11 Å². The fourth-order valence-corrected chi connectivity index (χ4v) is 12.2. The summed E-state index contributed by atoms with van der Waals surface area (Å²) in [6.07, 6.45) is -6.99. The van der Waals surface area contributed by atoms with Crippen LogP contribution in [0, 0.1) is 23.7 Å². The molecular weight excluding hydrogens is 1070 g/mol. The third-order valence-electron chi connectivity index (χ3n) is 16.6. The first-order valence-corrected chi connectivity index (χ1v) is 29.2. The van der Waals surface area contributed by atoms with Crippen molar-refractivity contribution in [2.24, 2.45) is 23.7 Å². The number of anilines is 1. The lowest BCUT2D eigenvalue weighted by atomic mass is 9.77. The summed E-state index contributed by atoms with van der Waals surface area (Å²) in [5.74, 6) is -4.71. The lowest BCUT2D eigenvalue weighted by Crippen LogP contribution is -2.61. The number of ether oxygens (including phenoxy) is 5. The Kier molecular flexibility index (Phi) is 23.5. The third kappa shape index (κ3) is 17.5. The highest BCUT2D eigenvalue weighted by Crippen LogP contribution is 2.39. The van der Waals surface area contributed by atoms with Gasteiger partial charge in [0.05, 0.1) is 48.0 Å². The molecule has 5 amide bonds. The minimum Gasteiger partial charge on any atom is -0.387 e. The number of carbonyl (C=O) groups is 5. The fraction of sp³-hybridized carbons (Fsp3) is 0.629.